The Labute approximate surface area is 91.6 Å². The zero-order chi connectivity index (χ0) is 11.5. The lowest BCUT2D eigenvalue weighted by Gasteiger charge is -2.05. The van der Waals surface area contributed by atoms with Gasteiger partial charge in [-0.05, 0) is 10.7 Å². The van der Waals surface area contributed by atoms with Crippen molar-refractivity contribution in [2.75, 3.05) is 14.2 Å². The molecule has 6 heteroatoms. The molecule has 0 atom stereocenters. The first-order valence-corrected chi connectivity index (χ1v) is 4.52. The quantitative estimate of drug-likeness (QED) is 0.686. The van der Waals surface area contributed by atoms with Crippen molar-refractivity contribution in [2.24, 2.45) is 0 Å². The SMILES string of the molecule is COc1ccc(-[n+]2cc([O-])on2)cc1OC. The topological polar surface area (TPSA) is 71.4 Å². The molecular weight excluding hydrogens is 212 g/mol. The van der Waals surface area contributed by atoms with Crippen molar-refractivity contribution in [3.05, 3.63) is 24.4 Å². The molecule has 0 aliphatic carbocycles. The van der Waals surface area contributed by atoms with E-state index < -0.39 is 5.95 Å². The van der Waals surface area contributed by atoms with Crippen LogP contribution < -0.4 is 19.3 Å². The maximum absolute atomic E-state index is 10.8. The van der Waals surface area contributed by atoms with E-state index in [1.54, 1.807) is 25.3 Å². The molecule has 6 nitrogen and oxygen atoms in total. The highest BCUT2D eigenvalue weighted by atomic mass is 16.6. The van der Waals surface area contributed by atoms with E-state index in [1.807, 2.05) is 0 Å². The maximum Gasteiger partial charge on any atom is 0.243 e. The van der Waals surface area contributed by atoms with E-state index in [1.165, 1.54) is 18.0 Å². The van der Waals surface area contributed by atoms with Crippen LogP contribution in [0.15, 0.2) is 28.9 Å². The van der Waals surface area contributed by atoms with Crippen LogP contribution >= 0.6 is 0 Å². The van der Waals surface area contributed by atoms with Crippen molar-refractivity contribution >= 4 is 0 Å². The number of aromatic nitrogens is 2. The predicted molar refractivity (Wildman–Crippen MR) is 50.6 cm³/mol. The number of hydrogen-bond donors (Lipinski definition) is 0. The van der Waals surface area contributed by atoms with E-state index in [9.17, 15) is 5.11 Å². The number of benzene rings is 1. The fraction of sp³-hybridized carbons (Fsp3) is 0.200. The number of ether oxygens (including phenoxy) is 2. The number of methoxy groups -OCH3 is 2. The third-order valence-electron chi connectivity index (χ3n) is 2.08. The van der Waals surface area contributed by atoms with Crippen LogP contribution in [0.25, 0.3) is 5.69 Å². The van der Waals surface area contributed by atoms with Crippen molar-refractivity contribution in [1.29, 1.82) is 0 Å². The van der Waals surface area contributed by atoms with E-state index in [0.717, 1.165) is 0 Å². The van der Waals surface area contributed by atoms with Gasteiger partial charge in [-0.25, -0.2) is 0 Å². The molecule has 0 spiro atoms. The summed E-state index contributed by atoms with van der Waals surface area (Å²) in [5.41, 5.74) is 0.656. The van der Waals surface area contributed by atoms with Gasteiger partial charge in [-0.1, -0.05) is 0 Å². The Balaban J connectivity index is 2.43. The second-order valence-corrected chi connectivity index (χ2v) is 3.00. The normalized spacial score (nSPS) is 10.1. The molecule has 0 radical (unpaired) electrons. The summed E-state index contributed by atoms with van der Waals surface area (Å²) in [5.74, 6) is 0.662. The molecule has 0 N–H and O–H groups in total. The second-order valence-electron chi connectivity index (χ2n) is 3.00. The third-order valence-corrected chi connectivity index (χ3v) is 2.08. The molecule has 16 heavy (non-hydrogen) atoms. The van der Waals surface area contributed by atoms with Crippen molar-refractivity contribution in [2.45, 2.75) is 0 Å². The zero-order valence-corrected chi connectivity index (χ0v) is 8.84. The van der Waals surface area contributed by atoms with Crippen LogP contribution in [0.3, 0.4) is 0 Å². The van der Waals surface area contributed by atoms with E-state index >= 15 is 0 Å². The van der Waals surface area contributed by atoms with Gasteiger partial charge in [0.2, 0.25) is 11.9 Å². The summed E-state index contributed by atoms with van der Waals surface area (Å²) < 4.78 is 16.0. The minimum Gasteiger partial charge on any atom is -0.539 e. The highest BCUT2D eigenvalue weighted by Crippen LogP contribution is 2.27. The molecule has 0 saturated heterocycles. The van der Waals surface area contributed by atoms with Crippen LogP contribution in [0.2, 0.25) is 0 Å². The Morgan fingerprint density at radius 2 is 2.00 bits per heavy atom. The van der Waals surface area contributed by atoms with Gasteiger partial charge in [0.05, 0.1) is 25.6 Å². The molecule has 1 aromatic carbocycles. The van der Waals surface area contributed by atoms with Gasteiger partial charge in [0.1, 0.15) is 5.95 Å². The Morgan fingerprint density at radius 1 is 1.25 bits per heavy atom. The Morgan fingerprint density at radius 3 is 2.56 bits per heavy atom. The van der Waals surface area contributed by atoms with E-state index in [4.69, 9.17) is 9.47 Å². The Bertz CT molecular complexity index is 495. The summed E-state index contributed by atoms with van der Waals surface area (Å²) in [6.45, 7) is 0. The molecule has 0 amide bonds. The van der Waals surface area contributed by atoms with Gasteiger partial charge in [-0.2, -0.15) is 0 Å². The summed E-state index contributed by atoms with van der Waals surface area (Å²) >= 11 is 0. The van der Waals surface area contributed by atoms with Crippen molar-refractivity contribution in [1.82, 2.24) is 5.27 Å². The fourth-order valence-electron chi connectivity index (χ4n) is 1.32. The van der Waals surface area contributed by atoms with Crippen LogP contribution in [0.4, 0.5) is 0 Å². The van der Waals surface area contributed by atoms with Crippen LogP contribution in [0.5, 0.6) is 17.4 Å². The lowest BCUT2D eigenvalue weighted by molar-refractivity contribution is -0.670. The van der Waals surface area contributed by atoms with Gasteiger partial charge in [0.25, 0.3) is 0 Å². The first-order valence-electron chi connectivity index (χ1n) is 4.52. The fourth-order valence-corrected chi connectivity index (χ4v) is 1.32. The van der Waals surface area contributed by atoms with Crippen LogP contribution in [-0.4, -0.2) is 19.5 Å². The lowest BCUT2D eigenvalue weighted by Crippen LogP contribution is -2.31. The molecular formula is C10H10N2O4. The Kier molecular flexibility index (Phi) is 2.63. The molecule has 0 aliphatic heterocycles. The van der Waals surface area contributed by atoms with Gasteiger partial charge in [-0.15, -0.1) is 0 Å². The maximum atomic E-state index is 10.8. The van der Waals surface area contributed by atoms with Crippen molar-refractivity contribution < 1.29 is 23.8 Å². The van der Waals surface area contributed by atoms with Crippen LogP contribution in [0.1, 0.15) is 0 Å². The van der Waals surface area contributed by atoms with Gasteiger partial charge in [0.15, 0.2) is 11.5 Å². The van der Waals surface area contributed by atoms with Gasteiger partial charge < -0.3 is 19.1 Å². The molecule has 0 fully saturated rings. The summed E-state index contributed by atoms with van der Waals surface area (Å²) in [6.07, 6.45) is 1.24. The number of nitrogens with zero attached hydrogens (tertiary/aromatic N) is 2. The van der Waals surface area contributed by atoms with Gasteiger partial charge in [-0.3, -0.25) is 0 Å². The van der Waals surface area contributed by atoms with Crippen molar-refractivity contribution in [3.63, 3.8) is 0 Å². The third kappa shape index (κ3) is 1.77. The largest absolute Gasteiger partial charge is 0.539 e. The molecule has 0 saturated carbocycles. The summed E-state index contributed by atoms with van der Waals surface area (Å²) in [7, 11) is 3.09. The van der Waals surface area contributed by atoms with E-state index in [-0.39, 0.29) is 0 Å². The number of hydrogen-bond acceptors (Lipinski definition) is 5. The highest BCUT2D eigenvalue weighted by Gasteiger charge is 2.13. The molecule has 0 unspecified atom stereocenters. The molecule has 2 aromatic rings. The molecule has 1 aromatic heterocycles. The Hall–Kier alpha value is -2.24. The molecule has 2 rings (SSSR count). The van der Waals surface area contributed by atoms with Crippen molar-refractivity contribution in [3.8, 4) is 23.1 Å². The van der Waals surface area contributed by atoms with E-state index in [2.05, 4.69) is 9.79 Å². The van der Waals surface area contributed by atoms with E-state index in [0.29, 0.717) is 17.2 Å². The van der Waals surface area contributed by atoms with Gasteiger partial charge >= 0.3 is 0 Å². The average Bonchev–Trinajstić information content (AvgIpc) is 2.75. The molecule has 0 bridgehead atoms. The predicted octanol–water partition coefficient (Wildman–Crippen LogP) is 0.0421. The highest BCUT2D eigenvalue weighted by molar-refractivity contribution is 5.45. The monoisotopic (exact) mass is 222 g/mol. The second kappa shape index (κ2) is 4.09. The standard InChI is InChI=1S/C10H10N2O4/c1-14-8-4-3-7(5-9(8)15-2)12-6-10(13)16-11-12/h3-6H,1-2H3. The number of rotatable bonds is 3. The van der Waals surface area contributed by atoms with Crippen LogP contribution in [-0.2, 0) is 0 Å². The van der Waals surface area contributed by atoms with Gasteiger partial charge in [0, 0.05) is 6.07 Å². The first-order chi connectivity index (χ1) is 7.74. The zero-order valence-electron chi connectivity index (χ0n) is 8.84. The molecule has 1 heterocycles. The summed E-state index contributed by atoms with van der Waals surface area (Å²) in [5, 5.41) is 14.4. The first kappa shape index (κ1) is 10.3. The summed E-state index contributed by atoms with van der Waals surface area (Å²) in [6, 6.07) is 5.16. The van der Waals surface area contributed by atoms with Crippen LogP contribution in [0, 0.1) is 0 Å². The molecule has 84 valence electrons. The average molecular weight is 222 g/mol. The summed E-state index contributed by atoms with van der Waals surface area (Å²) in [4.78, 5) is 0. The minimum absolute atomic E-state index is 0.505. The lowest BCUT2D eigenvalue weighted by atomic mass is 10.3. The smallest absolute Gasteiger partial charge is 0.243 e. The molecule has 0 aliphatic rings. The minimum atomic E-state index is -0.505.